The Bertz CT molecular complexity index is 2470. The predicted octanol–water partition coefficient (Wildman–Crippen LogP) is 5.34. The number of para-hydroxylation sites is 1. The number of benzene rings is 4. The summed E-state index contributed by atoms with van der Waals surface area (Å²) in [6.07, 6.45) is 0. The van der Waals surface area contributed by atoms with Crippen molar-refractivity contribution in [2.45, 2.75) is 11.8 Å². The number of nitrogens with zero attached hydrogens (tertiary/aromatic N) is 6. The molecule has 4 aromatic carbocycles. The summed E-state index contributed by atoms with van der Waals surface area (Å²) in [5.74, 6) is -1.33. The summed E-state index contributed by atoms with van der Waals surface area (Å²) in [5, 5.41) is 21.9. The Morgan fingerprint density at radius 2 is 1.53 bits per heavy atom. The van der Waals surface area contributed by atoms with Gasteiger partial charge >= 0.3 is 11.9 Å². The van der Waals surface area contributed by atoms with Crippen molar-refractivity contribution in [1.82, 2.24) is 9.55 Å². The highest BCUT2D eigenvalue weighted by atomic mass is 32.2. The van der Waals surface area contributed by atoms with Gasteiger partial charge in [0.15, 0.2) is 0 Å². The fourth-order valence-corrected chi connectivity index (χ4v) is 5.66. The van der Waals surface area contributed by atoms with Crippen LogP contribution < -0.4 is 15.0 Å². The largest absolute Gasteiger partial charge is 0.495 e. The van der Waals surface area contributed by atoms with E-state index in [4.69, 9.17) is 9.47 Å². The van der Waals surface area contributed by atoms with Crippen LogP contribution in [0.5, 0.6) is 11.5 Å². The van der Waals surface area contributed by atoms with Crippen LogP contribution in [0.1, 0.15) is 5.82 Å². The molecule has 6 rings (SSSR count). The first-order valence-electron chi connectivity index (χ1n) is 14.3. The molecule has 5 aromatic rings. The van der Waals surface area contributed by atoms with Crippen molar-refractivity contribution in [3.8, 4) is 28.3 Å². The van der Waals surface area contributed by atoms with E-state index in [-0.39, 0.29) is 22.7 Å². The summed E-state index contributed by atoms with van der Waals surface area (Å²) >= 11 is 0. The number of rotatable bonds is 9. The van der Waals surface area contributed by atoms with Crippen LogP contribution in [0.25, 0.3) is 27.7 Å². The van der Waals surface area contributed by atoms with Crippen LogP contribution in [0.4, 0.5) is 11.4 Å². The van der Waals surface area contributed by atoms with Crippen molar-refractivity contribution in [3.05, 3.63) is 113 Å². The van der Waals surface area contributed by atoms with Crippen LogP contribution in [0, 0.1) is 6.92 Å². The number of aliphatic carboxylic acids is 1. The number of carboxylic acids is 1. The molecule has 0 radical (unpaired) electrons. The average Bonchev–Trinajstić information content (AvgIpc) is 3.43. The van der Waals surface area contributed by atoms with Crippen LogP contribution in [-0.4, -0.2) is 58.4 Å². The smallest absolute Gasteiger partial charge is 0.473 e. The lowest BCUT2D eigenvalue weighted by Crippen LogP contribution is -2.22. The Kier molecular flexibility index (Phi) is 8.41. The minimum Gasteiger partial charge on any atom is -0.495 e. The number of hydrogen-bond acceptors (Lipinski definition) is 11. The summed E-state index contributed by atoms with van der Waals surface area (Å²) in [7, 11) is -1.59. The minimum atomic E-state index is -4.49. The number of carbonyl (C=O) groups excluding carboxylic acids is 1. The molecule has 0 unspecified atom stereocenters. The van der Waals surface area contributed by atoms with Gasteiger partial charge in [-0.1, -0.05) is 24.3 Å². The molecule has 2 N–H and O–H groups in total. The van der Waals surface area contributed by atoms with Crippen molar-refractivity contribution < 1.29 is 41.8 Å². The zero-order valence-corrected chi connectivity index (χ0v) is 26.7. The van der Waals surface area contributed by atoms with E-state index in [9.17, 15) is 32.5 Å². The molecule has 2 heterocycles. The zero-order valence-electron chi connectivity index (χ0n) is 25.9. The lowest BCUT2D eigenvalue weighted by molar-refractivity contribution is -0.422. The van der Waals surface area contributed by atoms with E-state index in [1.807, 2.05) is 6.07 Å². The number of ether oxygens (including phenoxy) is 2. The highest BCUT2D eigenvalue weighted by molar-refractivity contribution is 7.85. The highest BCUT2D eigenvalue weighted by Crippen LogP contribution is 2.37. The second kappa shape index (κ2) is 12.7. The third-order valence-electron chi connectivity index (χ3n) is 7.54. The fraction of sp³-hybridized carbons (Fsp3) is 0.0909. The highest BCUT2D eigenvalue weighted by Gasteiger charge is 2.42. The number of aryl methyl sites for hydroxylation is 1. The van der Waals surface area contributed by atoms with E-state index >= 15 is 0 Å². The summed E-state index contributed by atoms with van der Waals surface area (Å²) in [6.45, 7) is 1.74. The molecule has 0 atom stereocenters. The molecule has 15 nitrogen and oxygen atoms in total. The predicted molar refractivity (Wildman–Crippen MR) is 173 cm³/mol. The normalized spacial score (nSPS) is 13.3. The lowest BCUT2D eigenvalue weighted by atomic mass is 10.0. The van der Waals surface area contributed by atoms with Gasteiger partial charge in [-0.2, -0.15) is 8.42 Å². The van der Waals surface area contributed by atoms with Crippen molar-refractivity contribution in [3.63, 3.8) is 0 Å². The second-order valence-electron chi connectivity index (χ2n) is 10.5. The molecule has 1 aliphatic rings. The molecule has 0 saturated heterocycles. The molecule has 0 fully saturated rings. The Balaban J connectivity index is 1.30. The Hall–Kier alpha value is -6.39. The van der Waals surface area contributed by atoms with Crippen LogP contribution in [0.3, 0.4) is 0 Å². The number of fused-ring (bicyclic) bond motifs is 1. The molecule has 0 saturated carbocycles. The Labute approximate surface area is 277 Å². The standard InChI is InChI=1S/C33H24N6O9S/c1-18-34-24-7-5-4-6-23(24)31(40)38(18)26-15-9-20(17-28(26)48-3)19-8-14-25(27(16-19)47-2)35-36-29-30(33(42)43)37-39(32(29)41)21-10-12-22(13-11-21)49(44,45)46/h4-17H,1-3H3,(H-,42,43,44,45,46)/p+1. The minimum absolute atomic E-state index is 0.0293. The molecular formula is C33H25N6O9S+. The second-order valence-corrected chi connectivity index (χ2v) is 11.9. The van der Waals surface area contributed by atoms with Gasteiger partial charge in [0, 0.05) is 17.2 Å². The van der Waals surface area contributed by atoms with Crippen molar-refractivity contribution >= 4 is 44.3 Å². The van der Waals surface area contributed by atoms with Gasteiger partial charge < -0.3 is 14.6 Å². The van der Waals surface area contributed by atoms with Crippen LogP contribution in [0.15, 0.2) is 121 Å². The maximum atomic E-state index is 13.4. The summed E-state index contributed by atoms with van der Waals surface area (Å²) in [6, 6.07) is 21.7. The molecule has 16 heteroatoms. The number of aromatic nitrogens is 2. The quantitative estimate of drug-likeness (QED) is 0.116. The number of azo groups is 3. The van der Waals surface area contributed by atoms with E-state index in [1.165, 1.54) is 30.9 Å². The molecule has 49 heavy (non-hydrogen) atoms. The van der Waals surface area contributed by atoms with Gasteiger partial charge in [-0.15, -0.1) is 10.2 Å². The maximum absolute atomic E-state index is 13.4. The van der Waals surface area contributed by atoms with Gasteiger partial charge in [0.25, 0.3) is 21.4 Å². The van der Waals surface area contributed by atoms with Gasteiger partial charge in [-0.3, -0.25) is 13.9 Å². The fourth-order valence-electron chi connectivity index (χ4n) is 5.18. The molecule has 1 aromatic heterocycles. The molecule has 0 bridgehead atoms. The topological polar surface area (TPSA) is 202 Å². The van der Waals surface area contributed by atoms with Gasteiger partial charge in [0.2, 0.25) is 11.4 Å². The number of amides is 1. The average molecular weight is 682 g/mol. The van der Waals surface area contributed by atoms with E-state index in [2.05, 4.69) is 20.3 Å². The molecule has 1 amide bonds. The van der Waals surface area contributed by atoms with E-state index in [0.717, 1.165) is 16.8 Å². The Morgan fingerprint density at radius 3 is 2.18 bits per heavy atom. The van der Waals surface area contributed by atoms with Crippen LogP contribution in [0.2, 0.25) is 0 Å². The first-order valence-corrected chi connectivity index (χ1v) is 15.7. The SMILES string of the molecule is COc1cc(-c2ccc(-n3c(C)nc4ccccc4c3=O)c(OC)c2)ccc1N=NC1=C(C(=O)O)N=[N+](c2ccc(S(=O)(=O)O)cc2)C1=O. The summed E-state index contributed by atoms with van der Waals surface area (Å²) in [4.78, 5) is 42.6. The molecule has 246 valence electrons. The maximum Gasteiger partial charge on any atom is 0.473 e. The van der Waals surface area contributed by atoms with Crippen molar-refractivity contribution in [2.24, 2.45) is 15.3 Å². The number of carboxylic acid groups (broad SMARTS) is 1. The van der Waals surface area contributed by atoms with E-state index < -0.39 is 38.3 Å². The zero-order chi connectivity index (χ0) is 35.0. The van der Waals surface area contributed by atoms with Gasteiger partial charge in [0.05, 0.1) is 35.7 Å². The monoisotopic (exact) mass is 681 g/mol. The molecule has 0 spiro atoms. The first kappa shape index (κ1) is 32.5. The summed E-state index contributed by atoms with van der Waals surface area (Å²) in [5.41, 5.74) is 1.17. The molecule has 0 aliphatic carbocycles. The van der Waals surface area contributed by atoms with Crippen molar-refractivity contribution in [2.75, 3.05) is 14.2 Å². The molecular weight excluding hydrogens is 656 g/mol. The van der Waals surface area contributed by atoms with Gasteiger partial charge in [-0.05, 0) is 71.3 Å². The Morgan fingerprint density at radius 1 is 0.878 bits per heavy atom. The number of hydrogen-bond donors (Lipinski definition) is 2. The summed E-state index contributed by atoms with van der Waals surface area (Å²) < 4.78 is 45.3. The molecule has 1 aliphatic heterocycles. The third-order valence-corrected chi connectivity index (χ3v) is 8.40. The van der Waals surface area contributed by atoms with Gasteiger partial charge in [-0.25, -0.2) is 14.6 Å². The lowest BCUT2D eigenvalue weighted by Gasteiger charge is -2.16. The van der Waals surface area contributed by atoms with E-state index in [0.29, 0.717) is 39.3 Å². The first-order chi connectivity index (χ1) is 23.4. The van der Waals surface area contributed by atoms with Gasteiger partial charge in [0.1, 0.15) is 23.0 Å². The number of methoxy groups -OCH3 is 2. The van der Waals surface area contributed by atoms with Crippen LogP contribution >= 0.6 is 0 Å². The van der Waals surface area contributed by atoms with Crippen molar-refractivity contribution in [1.29, 1.82) is 0 Å². The van der Waals surface area contributed by atoms with Crippen LogP contribution in [-0.2, 0) is 19.7 Å². The van der Waals surface area contributed by atoms with E-state index in [1.54, 1.807) is 61.5 Å². The number of carbonyl (C=O) groups is 2. The third kappa shape index (κ3) is 6.08.